The van der Waals surface area contributed by atoms with Crippen LogP contribution in [0.2, 0.25) is 4.34 Å². The predicted octanol–water partition coefficient (Wildman–Crippen LogP) is 4.29. The third-order valence-corrected chi connectivity index (χ3v) is 4.33. The van der Waals surface area contributed by atoms with Gasteiger partial charge in [0.05, 0.1) is 4.34 Å². The molecular formula is C12H19Cl2NS. The summed E-state index contributed by atoms with van der Waals surface area (Å²) in [7, 11) is 0. The van der Waals surface area contributed by atoms with E-state index in [1.807, 2.05) is 6.07 Å². The van der Waals surface area contributed by atoms with Gasteiger partial charge in [0.1, 0.15) is 0 Å². The number of hydrogen-bond donors (Lipinski definition) is 1. The first-order chi connectivity index (χ1) is 7.34. The molecule has 0 saturated heterocycles. The number of thiophene rings is 1. The second-order valence-electron chi connectivity index (χ2n) is 4.24. The minimum atomic E-state index is 0. The van der Waals surface area contributed by atoms with Gasteiger partial charge in [-0.15, -0.1) is 23.7 Å². The van der Waals surface area contributed by atoms with Crippen LogP contribution in [0, 0.1) is 0 Å². The van der Waals surface area contributed by atoms with Gasteiger partial charge in [-0.3, -0.25) is 0 Å². The molecule has 4 heteroatoms. The highest BCUT2D eigenvalue weighted by Crippen LogP contribution is 2.22. The van der Waals surface area contributed by atoms with Crippen LogP contribution in [0.3, 0.4) is 0 Å². The first kappa shape index (κ1) is 14.3. The Morgan fingerprint density at radius 3 is 2.62 bits per heavy atom. The van der Waals surface area contributed by atoms with Crippen molar-refractivity contribution in [1.29, 1.82) is 0 Å². The van der Waals surface area contributed by atoms with E-state index in [-0.39, 0.29) is 12.4 Å². The van der Waals surface area contributed by atoms with E-state index in [1.165, 1.54) is 37.0 Å². The van der Waals surface area contributed by atoms with Gasteiger partial charge in [-0.25, -0.2) is 0 Å². The zero-order chi connectivity index (χ0) is 10.5. The SMILES string of the molecule is Cl.Clc1ccc(CCNC2CCCCC2)s1. The third kappa shape index (κ3) is 4.62. The predicted molar refractivity (Wildman–Crippen MR) is 75.2 cm³/mol. The van der Waals surface area contributed by atoms with Crippen LogP contribution in [-0.2, 0) is 6.42 Å². The molecule has 92 valence electrons. The lowest BCUT2D eigenvalue weighted by molar-refractivity contribution is 0.376. The normalized spacial score (nSPS) is 17.1. The molecule has 1 aromatic heterocycles. The Kier molecular flexibility index (Phi) is 6.74. The van der Waals surface area contributed by atoms with Crippen molar-refractivity contribution >= 4 is 35.3 Å². The average molecular weight is 280 g/mol. The van der Waals surface area contributed by atoms with Gasteiger partial charge in [-0.05, 0) is 31.4 Å². The number of nitrogens with one attached hydrogen (secondary N) is 1. The van der Waals surface area contributed by atoms with E-state index >= 15 is 0 Å². The van der Waals surface area contributed by atoms with Gasteiger partial charge < -0.3 is 5.32 Å². The summed E-state index contributed by atoms with van der Waals surface area (Å²) in [4.78, 5) is 1.39. The molecule has 0 aromatic carbocycles. The molecular weight excluding hydrogens is 261 g/mol. The van der Waals surface area contributed by atoms with Crippen molar-refractivity contribution in [2.75, 3.05) is 6.54 Å². The topological polar surface area (TPSA) is 12.0 Å². The Morgan fingerprint density at radius 2 is 2.00 bits per heavy atom. The van der Waals surface area contributed by atoms with Gasteiger partial charge >= 0.3 is 0 Å². The second kappa shape index (κ2) is 7.54. The van der Waals surface area contributed by atoms with Crippen LogP contribution in [0.5, 0.6) is 0 Å². The maximum Gasteiger partial charge on any atom is 0.0931 e. The smallest absolute Gasteiger partial charge is 0.0931 e. The quantitative estimate of drug-likeness (QED) is 0.867. The summed E-state index contributed by atoms with van der Waals surface area (Å²) in [6.45, 7) is 1.10. The Morgan fingerprint density at radius 1 is 1.25 bits per heavy atom. The summed E-state index contributed by atoms with van der Waals surface area (Å²) in [5.74, 6) is 0. The molecule has 0 radical (unpaired) electrons. The maximum atomic E-state index is 5.89. The molecule has 1 N–H and O–H groups in total. The molecule has 1 fully saturated rings. The summed E-state index contributed by atoms with van der Waals surface area (Å²) < 4.78 is 0.905. The minimum Gasteiger partial charge on any atom is -0.314 e. The summed E-state index contributed by atoms with van der Waals surface area (Å²) in [5.41, 5.74) is 0. The Labute approximate surface area is 113 Å². The van der Waals surface area contributed by atoms with E-state index < -0.39 is 0 Å². The van der Waals surface area contributed by atoms with Gasteiger partial charge in [0.2, 0.25) is 0 Å². The van der Waals surface area contributed by atoms with Crippen LogP contribution in [0.15, 0.2) is 12.1 Å². The van der Waals surface area contributed by atoms with Crippen molar-refractivity contribution < 1.29 is 0 Å². The third-order valence-electron chi connectivity index (χ3n) is 3.04. The molecule has 1 heterocycles. The van der Waals surface area contributed by atoms with E-state index in [1.54, 1.807) is 11.3 Å². The summed E-state index contributed by atoms with van der Waals surface area (Å²) in [6, 6.07) is 4.90. The van der Waals surface area contributed by atoms with E-state index in [9.17, 15) is 0 Å². The van der Waals surface area contributed by atoms with Crippen LogP contribution in [-0.4, -0.2) is 12.6 Å². The molecule has 16 heavy (non-hydrogen) atoms. The van der Waals surface area contributed by atoms with Crippen LogP contribution in [0.1, 0.15) is 37.0 Å². The number of halogens is 2. The fourth-order valence-electron chi connectivity index (χ4n) is 2.19. The van der Waals surface area contributed by atoms with Crippen molar-refractivity contribution in [3.05, 3.63) is 21.3 Å². The van der Waals surface area contributed by atoms with Crippen molar-refractivity contribution in [2.24, 2.45) is 0 Å². The maximum absolute atomic E-state index is 5.89. The Hall–Kier alpha value is 0.240. The fraction of sp³-hybridized carbons (Fsp3) is 0.667. The van der Waals surface area contributed by atoms with Gasteiger partial charge in [0.25, 0.3) is 0 Å². The highest BCUT2D eigenvalue weighted by Gasteiger charge is 2.11. The van der Waals surface area contributed by atoms with Crippen molar-refractivity contribution in [3.63, 3.8) is 0 Å². The first-order valence-corrected chi connectivity index (χ1v) is 7.01. The van der Waals surface area contributed by atoms with Gasteiger partial charge in [-0.2, -0.15) is 0 Å². The molecule has 0 atom stereocenters. The van der Waals surface area contributed by atoms with Crippen molar-refractivity contribution in [3.8, 4) is 0 Å². The molecule has 1 aliphatic carbocycles. The van der Waals surface area contributed by atoms with E-state index in [0.717, 1.165) is 23.3 Å². The highest BCUT2D eigenvalue weighted by molar-refractivity contribution is 7.16. The monoisotopic (exact) mass is 279 g/mol. The van der Waals surface area contributed by atoms with Crippen LogP contribution in [0.25, 0.3) is 0 Å². The van der Waals surface area contributed by atoms with Crippen LogP contribution in [0.4, 0.5) is 0 Å². The summed E-state index contributed by atoms with van der Waals surface area (Å²) >= 11 is 7.59. The largest absolute Gasteiger partial charge is 0.314 e. The standard InChI is InChI=1S/C12H18ClNS.ClH/c13-12-7-6-11(15-12)8-9-14-10-4-2-1-3-5-10;/h6-7,10,14H,1-5,8-9H2;1H. The van der Waals surface area contributed by atoms with Crippen LogP contribution >= 0.6 is 35.3 Å². The molecule has 1 saturated carbocycles. The zero-order valence-electron chi connectivity index (χ0n) is 9.38. The van der Waals surface area contributed by atoms with Crippen molar-refractivity contribution in [1.82, 2.24) is 5.32 Å². The van der Waals surface area contributed by atoms with Gasteiger partial charge in [-0.1, -0.05) is 30.9 Å². The van der Waals surface area contributed by atoms with E-state index in [2.05, 4.69) is 11.4 Å². The molecule has 1 aliphatic rings. The summed E-state index contributed by atoms with van der Waals surface area (Å²) in [5, 5.41) is 3.64. The molecule has 0 unspecified atom stereocenters. The Bertz CT molecular complexity index is 295. The minimum absolute atomic E-state index is 0. The summed E-state index contributed by atoms with van der Waals surface area (Å²) in [6.07, 6.45) is 8.09. The van der Waals surface area contributed by atoms with Gasteiger partial charge in [0.15, 0.2) is 0 Å². The molecule has 0 bridgehead atoms. The van der Waals surface area contributed by atoms with Crippen LogP contribution < -0.4 is 5.32 Å². The fourth-order valence-corrected chi connectivity index (χ4v) is 3.28. The number of rotatable bonds is 4. The van der Waals surface area contributed by atoms with Gasteiger partial charge in [0, 0.05) is 17.5 Å². The lowest BCUT2D eigenvalue weighted by atomic mass is 9.95. The lowest BCUT2D eigenvalue weighted by Crippen LogP contribution is -2.32. The Balaban J connectivity index is 0.00000128. The average Bonchev–Trinajstić information content (AvgIpc) is 2.66. The first-order valence-electron chi connectivity index (χ1n) is 5.82. The lowest BCUT2D eigenvalue weighted by Gasteiger charge is -2.22. The molecule has 1 nitrogen and oxygen atoms in total. The van der Waals surface area contributed by atoms with E-state index in [0.29, 0.717) is 0 Å². The second-order valence-corrected chi connectivity index (χ2v) is 6.04. The zero-order valence-corrected chi connectivity index (χ0v) is 11.8. The molecule has 0 aliphatic heterocycles. The molecule has 1 aromatic rings. The molecule has 0 amide bonds. The number of hydrogen-bond acceptors (Lipinski definition) is 2. The van der Waals surface area contributed by atoms with E-state index in [4.69, 9.17) is 11.6 Å². The molecule has 0 spiro atoms. The molecule has 2 rings (SSSR count). The highest BCUT2D eigenvalue weighted by atomic mass is 35.5. The van der Waals surface area contributed by atoms with Crippen molar-refractivity contribution in [2.45, 2.75) is 44.6 Å².